The minimum absolute atomic E-state index is 0.0588. The summed E-state index contributed by atoms with van der Waals surface area (Å²) in [7, 11) is 0. The molecule has 0 radical (unpaired) electrons. The summed E-state index contributed by atoms with van der Waals surface area (Å²) in [5.41, 5.74) is 1.51. The van der Waals surface area contributed by atoms with Crippen LogP contribution in [0.3, 0.4) is 0 Å². The van der Waals surface area contributed by atoms with Crippen molar-refractivity contribution < 1.29 is 14.4 Å². The van der Waals surface area contributed by atoms with E-state index in [1.165, 1.54) is 5.56 Å². The molecular formula is C24H35N3O3. The molecule has 2 N–H and O–H groups in total. The molecule has 1 saturated heterocycles. The van der Waals surface area contributed by atoms with Crippen molar-refractivity contribution in [3.63, 3.8) is 0 Å². The van der Waals surface area contributed by atoms with Crippen LogP contribution in [0.2, 0.25) is 0 Å². The minimum atomic E-state index is -0.854. The number of urea groups is 1. The van der Waals surface area contributed by atoms with E-state index < -0.39 is 17.6 Å². The minimum Gasteiger partial charge on any atom is -0.347 e. The van der Waals surface area contributed by atoms with Gasteiger partial charge in [-0.1, -0.05) is 71.7 Å². The predicted molar refractivity (Wildman–Crippen MR) is 117 cm³/mol. The average molecular weight is 414 g/mol. The van der Waals surface area contributed by atoms with Gasteiger partial charge in [0.2, 0.25) is 5.91 Å². The highest BCUT2D eigenvalue weighted by Gasteiger charge is 2.54. The topological polar surface area (TPSA) is 78.5 Å². The number of rotatable bonds is 5. The fraction of sp³-hybridized carbons (Fsp3) is 0.625. The second-order valence-corrected chi connectivity index (χ2v) is 10.2. The molecule has 0 aromatic heterocycles. The van der Waals surface area contributed by atoms with Gasteiger partial charge in [0.1, 0.15) is 11.6 Å². The summed E-state index contributed by atoms with van der Waals surface area (Å²) in [6, 6.07) is 6.79. The lowest BCUT2D eigenvalue weighted by Gasteiger charge is -2.28. The summed E-state index contributed by atoms with van der Waals surface area (Å²) in [5, 5.41) is 5.93. The summed E-state index contributed by atoms with van der Waals surface area (Å²) < 4.78 is 0. The normalized spacial score (nSPS) is 20.6. The van der Waals surface area contributed by atoms with Gasteiger partial charge in [0, 0.05) is 0 Å². The molecule has 164 valence electrons. The Bertz CT molecular complexity index is 817. The SMILES string of the molecule is CC(C)C(NC(=O)C(C)N1C(=O)NC2(CCCC2)C1=O)c1ccc(C(C)(C)C)cc1. The lowest BCUT2D eigenvalue weighted by molar-refractivity contribution is -0.138. The summed E-state index contributed by atoms with van der Waals surface area (Å²) in [5.74, 6) is -0.415. The summed E-state index contributed by atoms with van der Waals surface area (Å²) in [6.45, 7) is 12.2. The van der Waals surface area contributed by atoms with E-state index in [4.69, 9.17) is 0 Å². The zero-order chi connectivity index (χ0) is 22.3. The Morgan fingerprint density at radius 3 is 2.13 bits per heavy atom. The molecule has 30 heavy (non-hydrogen) atoms. The zero-order valence-electron chi connectivity index (χ0n) is 19.0. The maximum atomic E-state index is 13.1. The van der Waals surface area contributed by atoms with Gasteiger partial charge >= 0.3 is 6.03 Å². The molecule has 6 heteroatoms. The van der Waals surface area contributed by atoms with Gasteiger partial charge in [0.15, 0.2) is 0 Å². The number of imide groups is 1. The number of hydrogen-bond acceptors (Lipinski definition) is 3. The van der Waals surface area contributed by atoms with Crippen molar-refractivity contribution in [2.24, 2.45) is 5.92 Å². The number of nitrogens with one attached hydrogen (secondary N) is 2. The summed E-state index contributed by atoms with van der Waals surface area (Å²) in [4.78, 5) is 39.7. The lowest BCUT2D eigenvalue weighted by Crippen LogP contribution is -2.50. The first kappa shape index (κ1) is 22.3. The van der Waals surface area contributed by atoms with Crippen LogP contribution in [0.25, 0.3) is 0 Å². The van der Waals surface area contributed by atoms with Crippen molar-refractivity contribution in [3.05, 3.63) is 35.4 Å². The van der Waals surface area contributed by atoms with Crippen molar-refractivity contribution in [2.75, 3.05) is 0 Å². The Balaban J connectivity index is 1.75. The summed E-state index contributed by atoms with van der Waals surface area (Å²) in [6.07, 6.45) is 3.13. The standard InChI is InChI=1S/C24H35N3O3/c1-15(2)19(17-9-11-18(12-10-17)23(4,5)6)25-20(28)16(3)27-21(29)24(26-22(27)30)13-7-8-14-24/h9-12,15-16,19H,7-8,13-14H2,1-6H3,(H,25,28)(H,26,30). The number of carbonyl (C=O) groups is 3. The molecule has 3 rings (SSSR count). The number of carbonyl (C=O) groups excluding carboxylic acids is 3. The number of benzene rings is 1. The van der Waals surface area contributed by atoms with Crippen molar-refractivity contribution >= 4 is 17.8 Å². The largest absolute Gasteiger partial charge is 0.347 e. The highest BCUT2D eigenvalue weighted by atomic mass is 16.2. The van der Waals surface area contributed by atoms with Crippen LogP contribution in [-0.4, -0.2) is 34.3 Å². The van der Waals surface area contributed by atoms with Crippen LogP contribution >= 0.6 is 0 Å². The first-order chi connectivity index (χ1) is 14.0. The molecule has 4 amide bonds. The van der Waals surface area contributed by atoms with Gasteiger partial charge < -0.3 is 10.6 Å². The van der Waals surface area contributed by atoms with E-state index in [1.807, 2.05) is 0 Å². The maximum Gasteiger partial charge on any atom is 0.325 e. The Labute approximate surface area is 179 Å². The third-order valence-electron chi connectivity index (χ3n) is 6.52. The fourth-order valence-corrected chi connectivity index (χ4v) is 4.53. The van der Waals surface area contributed by atoms with Crippen LogP contribution in [0, 0.1) is 5.92 Å². The van der Waals surface area contributed by atoms with Gasteiger partial charge in [0.25, 0.3) is 5.91 Å². The van der Waals surface area contributed by atoms with Crippen LogP contribution in [0.5, 0.6) is 0 Å². The van der Waals surface area contributed by atoms with Crippen molar-refractivity contribution in [3.8, 4) is 0 Å². The van der Waals surface area contributed by atoms with Crippen LogP contribution in [0.15, 0.2) is 24.3 Å². The quantitative estimate of drug-likeness (QED) is 0.715. The highest BCUT2D eigenvalue weighted by molar-refractivity contribution is 6.10. The first-order valence-corrected chi connectivity index (χ1v) is 11.0. The highest BCUT2D eigenvalue weighted by Crippen LogP contribution is 2.36. The molecule has 1 spiro atoms. The van der Waals surface area contributed by atoms with Crippen molar-refractivity contribution in [1.82, 2.24) is 15.5 Å². The third-order valence-corrected chi connectivity index (χ3v) is 6.52. The molecular weight excluding hydrogens is 378 g/mol. The van der Waals surface area contributed by atoms with E-state index in [0.717, 1.165) is 23.3 Å². The number of amides is 4. The third kappa shape index (κ3) is 4.09. The van der Waals surface area contributed by atoms with Crippen molar-refractivity contribution in [2.45, 2.75) is 90.3 Å². The second-order valence-electron chi connectivity index (χ2n) is 10.2. The van der Waals surface area contributed by atoms with Crippen molar-refractivity contribution in [1.29, 1.82) is 0 Å². The predicted octanol–water partition coefficient (Wildman–Crippen LogP) is 4.05. The van der Waals surface area contributed by atoms with Crippen LogP contribution in [0.4, 0.5) is 4.79 Å². The molecule has 1 aromatic carbocycles. The van der Waals surface area contributed by atoms with E-state index in [1.54, 1.807) is 6.92 Å². The average Bonchev–Trinajstić information content (AvgIpc) is 3.23. The van der Waals surface area contributed by atoms with E-state index in [2.05, 4.69) is 69.5 Å². The summed E-state index contributed by atoms with van der Waals surface area (Å²) >= 11 is 0. The van der Waals surface area contributed by atoms with E-state index in [0.29, 0.717) is 12.8 Å². The van der Waals surface area contributed by atoms with E-state index in [9.17, 15) is 14.4 Å². The molecule has 0 bridgehead atoms. The van der Waals surface area contributed by atoms with E-state index >= 15 is 0 Å². The first-order valence-electron chi connectivity index (χ1n) is 11.0. The molecule has 2 atom stereocenters. The molecule has 1 aliphatic heterocycles. The van der Waals surface area contributed by atoms with Crippen LogP contribution in [-0.2, 0) is 15.0 Å². The Morgan fingerprint density at radius 2 is 1.63 bits per heavy atom. The monoisotopic (exact) mass is 413 g/mol. The van der Waals surface area contributed by atoms with E-state index in [-0.39, 0.29) is 29.2 Å². The molecule has 1 heterocycles. The molecule has 1 aromatic rings. The van der Waals surface area contributed by atoms with Gasteiger partial charge in [-0.25, -0.2) is 9.69 Å². The smallest absolute Gasteiger partial charge is 0.325 e. The Morgan fingerprint density at radius 1 is 1.07 bits per heavy atom. The van der Waals surface area contributed by atoms with Crippen LogP contribution in [0.1, 0.15) is 84.4 Å². The molecule has 1 aliphatic carbocycles. The second kappa shape index (κ2) is 8.05. The Kier molecular flexibility index (Phi) is 5.99. The van der Waals surface area contributed by atoms with Crippen LogP contribution < -0.4 is 10.6 Å². The molecule has 1 saturated carbocycles. The fourth-order valence-electron chi connectivity index (χ4n) is 4.53. The molecule has 2 fully saturated rings. The Hall–Kier alpha value is -2.37. The van der Waals surface area contributed by atoms with Gasteiger partial charge in [-0.3, -0.25) is 9.59 Å². The maximum absolute atomic E-state index is 13.1. The zero-order valence-corrected chi connectivity index (χ0v) is 19.0. The number of nitrogens with zero attached hydrogens (tertiary/aromatic N) is 1. The van der Waals surface area contributed by atoms with Gasteiger partial charge in [0.05, 0.1) is 6.04 Å². The van der Waals surface area contributed by atoms with Gasteiger partial charge in [-0.2, -0.15) is 0 Å². The van der Waals surface area contributed by atoms with Gasteiger partial charge in [-0.15, -0.1) is 0 Å². The molecule has 6 nitrogen and oxygen atoms in total. The molecule has 2 aliphatic rings. The van der Waals surface area contributed by atoms with Gasteiger partial charge in [-0.05, 0) is 42.2 Å². The lowest BCUT2D eigenvalue weighted by atomic mass is 9.85. The molecule has 2 unspecified atom stereocenters. The number of hydrogen-bond donors (Lipinski definition) is 2.